The van der Waals surface area contributed by atoms with Crippen molar-refractivity contribution >= 4 is 55.6 Å². The van der Waals surface area contributed by atoms with E-state index in [9.17, 15) is 4.79 Å². The molecule has 0 fully saturated rings. The van der Waals surface area contributed by atoms with E-state index >= 15 is 0 Å². The van der Waals surface area contributed by atoms with Crippen LogP contribution in [-0.2, 0) is 0 Å². The fourth-order valence-corrected chi connectivity index (χ4v) is 3.05. The summed E-state index contributed by atoms with van der Waals surface area (Å²) in [6.07, 6.45) is 0. The molecule has 5 nitrogen and oxygen atoms in total. The summed E-state index contributed by atoms with van der Waals surface area (Å²) in [5.74, 6) is -0.511. The monoisotopic (exact) mass is 318 g/mol. The van der Waals surface area contributed by atoms with Crippen molar-refractivity contribution in [2.24, 2.45) is 5.73 Å². The van der Waals surface area contributed by atoms with Gasteiger partial charge in [-0.2, -0.15) is 0 Å². The third-order valence-electron chi connectivity index (χ3n) is 2.93. The van der Waals surface area contributed by atoms with Crippen molar-refractivity contribution in [1.82, 2.24) is 4.98 Å². The molecule has 0 saturated heterocycles. The second-order valence-electron chi connectivity index (χ2n) is 4.42. The maximum absolute atomic E-state index is 11.1. The summed E-state index contributed by atoms with van der Waals surface area (Å²) in [7, 11) is 0. The van der Waals surface area contributed by atoms with E-state index in [-0.39, 0.29) is 0 Å². The van der Waals surface area contributed by atoms with E-state index in [1.807, 2.05) is 12.1 Å². The highest BCUT2D eigenvalue weighted by molar-refractivity contribution is 7.22. The van der Waals surface area contributed by atoms with Crippen LogP contribution in [0.2, 0.25) is 5.02 Å². The number of rotatable bonds is 3. The highest BCUT2D eigenvalue weighted by Crippen LogP contribution is 2.31. The molecule has 106 valence electrons. The number of nitrogens with one attached hydrogen (secondary N) is 1. The van der Waals surface area contributed by atoms with Gasteiger partial charge >= 0.3 is 0 Å². The number of hydrogen-bond donors (Lipinski definition) is 3. The van der Waals surface area contributed by atoms with E-state index in [0.29, 0.717) is 27.1 Å². The number of benzene rings is 2. The van der Waals surface area contributed by atoms with E-state index in [4.69, 9.17) is 23.1 Å². The highest BCUT2D eigenvalue weighted by Gasteiger charge is 2.08. The van der Waals surface area contributed by atoms with Gasteiger partial charge in [0.1, 0.15) is 0 Å². The standard InChI is InChI=1S/C14H11ClN4OS/c15-8-2-4-11-12(6-8)21-14(19-11)18-10-3-1-7(13(17)20)5-9(10)16/h1-6H,16H2,(H2,17,20)(H,18,19). The zero-order valence-corrected chi connectivity index (χ0v) is 12.3. The van der Waals surface area contributed by atoms with Crippen LogP contribution in [-0.4, -0.2) is 10.9 Å². The van der Waals surface area contributed by atoms with Crippen molar-refractivity contribution in [1.29, 1.82) is 0 Å². The van der Waals surface area contributed by atoms with Gasteiger partial charge in [0.2, 0.25) is 5.91 Å². The van der Waals surface area contributed by atoms with Crippen molar-refractivity contribution in [3.63, 3.8) is 0 Å². The second kappa shape index (κ2) is 5.23. The van der Waals surface area contributed by atoms with Gasteiger partial charge in [-0.25, -0.2) is 4.98 Å². The zero-order valence-electron chi connectivity index (χ0n) is 10.8. The number of amides is 1. The summed E-state index contributed by atoms with van der Waals surface area (Å²) in [5, 5.41) is 4.50. The van der Waals surface area contributed by atoms with Gasteiger partial charge in [0.15, 0.2) is 5.13 Å². The smallest absolute Gasteiger partial charge is 0.248 e. The van der Waals surface area contributed by atoms with Gasteiger partial charge in [-0.3, -0.25) is 4.79 Å². The topological polar surface area (TPSA) is 94.0 Å². The Kier molecular flexibility index (Phi) is 3.40. The first kappa shape index (κ1) is 13.7. The molecule has 1 heterocycles. The molecule has 1 amide bonds. The summed E-state index contributed by atoms with van der Waals surface area (Å²) in [5.41, 5.74) is 13.5. The van der Waals surface area contributed by atoms with E-state index in [2.05, 4.69) is 10.3 Å². The van der Waals surface area contributed by atoms with Gasteiger partial charge in [0.25, 0.3) is 0 Å². The average Bonchev–Trinajstić information content (AvgIpc) is 2.82. The van der Waals surface area contributed by atoms with Gasteiger partial charge in [-0.05, 0) is 36.4 Å². The van der Waals surface area contributed by atoms with Crippen LogP contribution < -0.4 is 16.8 Å². The first-order chi connectivity index (χ1) is 10.0. The number of halogens is 1. The lowest BCUT2D eigenvalue weighted by Gasteiger charge is -2.07. The molecule has 0 atom stereocenters. The molecular weight excluding hydrogens is 308 g/mol. The highest BCUT2D eigenvalue weighted by atomic mass is 35.5. The van der Waals surface area contributed by atoms with E-state index in [0.717, 1.165) is 10.2 Å². The summed E-state index contributed by atoms with van der Waals surface area (Å²) < 4.78 is 0.984. The summed E-state index contributed by atoms with van der Waals surface area (Å²) in [6.45, 7) is 0. The van der Waals surface area contributed by atoms with Crippen LogP contribution in [0.5, 0.6) is 0 Å². The molecular formula is C14H11ClN4OS. The van der Waals surface area contributed by atoms with Gasteiger partial charge in [-0.15, -0.1) is 0 Å². The number of anilines is 3. The molecule has 21 heavy (non-hydrogen) atoms. The van der Waals surface area contributed by atoms with Gasteiger partial charge < -0.3 is 16.8 Å². The molecule has 3 aromatic rings. The van der Waals surface area contributed by atoms with Crippen LogP contribution in [0.1, 0.15) is 10.4 Å². The molecule has 0 aliphatic heterocycles. The molecule has 7 heteroatoms. The molecule has 5 N–H and O–H groups in total. The largest absolute Gasteiger partial charge is 0.397 e. The number of fused-ring (bicyclic) bond motifs is 1. The minimum absolute atomic E-state index is 0.370. The van der Waals surface area contributed by atoms with Crippen molar-refractivity contribution < 1.29 is 4.79 Å². The van der Waals surface area contributed by atoms with Gasteiger partial charge in [0, 0.05) is 10.6 Å². The van der Waals surface area contributed by atoms with Gasteiger partial charge in [0.05, 0.1) is 21.6 Å². The predicted molar refractivity (Wildman–Crippen MR) is 87.3 cm³/mol. The lowest BCUT2D eigenvalue weighted by Crippen LogP contribution is -2.11. The molecule has 3 rings (SSSR count). The second-order valence-corrected chi connectivity index (χ2v) is 5.89. The van der Waals surface area contributed by atoms with Crippen LogP contribution >= 0.6 is 22.9 Å². The number of nitrogens with zero attached hydrogens (tertiary/aromatic N) is 1. The fourth-order valence-electron chi connectivity index (χ4n) is 1.90. The third kappa shape index (κ3) is 2.76. The fraction of sp³-hybridized carbons (Fsp3) is 0. The quantitative estimate of drug-likeness (QED) is 0.645. The van der Waals surface area contributed by atoms with Crippen molar-refractivity contribution in [3.8, 4) is 0 Å². The molecule has 0 unspecified atom stereocenters. The Morgan fingerprint density at radius 2 is 2.05 bits per heavy atom. The Balaban J connectivity index is 1.93. The molecule has 0 aliphatic rings. The molecule has 2 aromatic carbocycles. The number of primary amides is 1. The third-order valence-corrected chi connectivity index (χ3v) is 4.10. The molecule has 0 aliphatic carbocycles. The zero-order chi connectivity index (χ0) is 15.0. The minimum atomic E-state index is -0.511. The number of aromatic nitrogens is 1. The lowest BCUT2D eigenvalue weighted by atomic mass is 10.1. The molecule has 0 bridgehead atoms. The average molecular weight is 319 g/mol. The van der Waals surface area contributed by atoms with Crippen LogP contribution in [0.3, 0.4) is 0 Å². The number of thiazole rings is 1. The molecule has 0 radical (unpaired) electrons. The van der Waals surface area contributed by atoms with Crippen molar-refractivity contribution in [2.75, 3.05) is 11.1 Å². The molecule has 0 saturated carbocycles. The SMILES string of the molecule is NC(=O)c1ccc(Nc2nc3ccc(Cl)cc3s2)c(N)c1. The number of carbonyl (C=O) groups is 1. The van der Waals surface area contributed by atoms with E-state index in [1.165, 1.54) is 17.4 Å². The van der Waals surface area contributed by atoms with Crippen LogP contribution in [0, 0.1) is 0 Å². The Hall–Kier alpha value is -2.31. The maximum Gasteiger partial charge on any atom is 0.248 e. The first-order valence-corrected chi connectivity index (χ1v) is 7.25. The summed E-state index contributed by atoms with van der Waals surface area (Å²) >= 11 is 7.43. The first-order valence-electron chi connectivity index (χ1n) is 6.05. The normalized spacial score (nSPS) is 10.7. The molecule has 0 spiro atoms. The number of nitrogen functional groups attached to an aromatic ring is 1. The maximum atomic E-state index is 11.1. The van der Waals surface area contributed by atoms with Crippen LogP contribution in [0.15, 0.2) is 36.4 Å². The molecule has 1 aromatic heterocycles. The van der Waals surface area contributed by atoms with Crippen molar-refractivity contribution in [2.45, 2.75) is 0 Å². The van der Waals surface area contributed by atoms with Crippen molar-refractivity contribution in [3.05, 3.63) is 47.0 Å². The van der Waals surface area contributed by atoms with Gasteiger partial charge in [-0.1, -0.05) is 22.9 Å². The van der Waals surface area contributed by atoms with E-state index < -0.39 is 5.91 Å². The Labute approximate surface area is 129 Å². The minimum Gasteiger partial charge on any atom is -0.397 e. The predicted octanol–water partition coefficient (Wildman–Crippen LogP) is 3.37. The van der Waals surface area contributed by atoms with Crippen LogP contribution in [0.25, 0.3) is 10.2 Å². The number of nitrogens with two attached hydrogens (primary N) is 2. The summed E-state index contributed by atoms with van der Waals surface area (Å²) in [6, 6.07) is 10.4. The summed E-state index contributed by atoms with van der Waals surface area (Å²) in [4.78, 5) is 15.5. The lowest BCUT2D eigenvalue weighted by molar-refractivity contribution is 0.100. The Morgan fingerprint density at radius 3 is 2.76 bits per heavy atom. The van der Waals surface area contributed by atoms with E-state index in [1.54, 1.807) is 18.2 Å². The number of carbonyl (C=O) groups excluding carboxylic acids is 1. The Morgan fingerprint density at radius 1 is 1.24 bits per heavy atom. The van der Waals surface area contributed by atoms with Crippen LogP contribution in [0.4, 0.5) is 16.5 Å². The Bertz CT molecular complexity index is 846. The number of hydrogen-bond acceptors (Lipinski definition) is 5.